The molecule has 0 saturated heterocycles. The maximum absolute atomic E-state index is 12.6. The third kappa shape index (κ3) is 7.27. The van der Waals surface area contributed by atoms with Crippen LogP contribution in [-0.4, -0.2) is 79.6 Å². The van der Waals surface area contributed by atoms with Crippen molar-refractivity contribution in [1.29, 1.82) is 0 Å². The topological polar surface area (TPSA) is 94.1 Å². The summed E-state index contributed by atoms with van der Waals surface area (Å²) >= 11 is 0. The molecule has 1 atom stereocenters. The highest BCUT2D eigenvalue weighted by atomic mass is 16.5. The molecule has 7 heteroatoms. The van der Waals surface area contributed by atoms with Crippen LogP contribution in [0.2, 0.25) is 0 Å². The first kappa shape index (κ1) is 25.6. The number of carbonyl (C=O) groups excluding carboxylic acids is 1. The van der Waals surface area contributed by atoms with Crippen molar-refractivity contribution >= 4 is 16.7 Å². The number of aliphatic hydroxyl groups is 2. The number of benzene rings is 2. The second-order valence-corrected chi connectivity index (χ2v) is 8.35. The van der Waals surface area contributed by atoms with Gasteiger partial charge in [0.25, 0.3) is 5.91 Å². The maximum atomic E-state index is 12.6. The summed E-state index contributed by atoms with van der Waals surface area (Å²) in [5, 5.41) is 27.0. The van der Waals surface area contributed by atoms with Crippen LogP contribution in [0.3, 0.4) is 0 Å². The Labute approximate surface area is 201 Å². The molecule has 182 valence electrons. The first-order valence-electron chi connectivity index (χ1n) is 11.7. The summed E-state index contributed by atoms with van der Waals surface area (Å²) in [7, 11) is 0. The Morgan fingerprint density at radius 2 is 1.88 bits per heavy atom. The number of hydrogen-bond acceptors (Lipinski definition) is 6. The Balaban J connectivity index is 1.49. The predicted molar refractivity (Wildman–Crippen MR) is 136 cm³/mol. The minimum Gasteiger partial charge on any atom is -0.492 e. The van der Waals surface area contributed by atoms with Crippen molar-refractivity contribution < 1.29 is 19.7 Å². The molecule has 2 aromatic rings. The number of hydrogen-bond donors (Lipinski definition) is 4. The molecule has 1 amide bonds. The third-order valence-electron chi connectivity index (χ3n) is 5.87. The molecule has 0 fully saturated rings. The van der Waals surface area contributed by atoms with E-state index in [-0.39, 0.29) is 19.1 Å². The fourth-order valence-electron chi connectivity index (χ4n) is 4.02. The zero-order chi connectivity index (χ0) is 24.3. The van der Waals surface area contributed by atoms with E-state index in [1.54, 1.807) is 6.07 Å². The lowest BCUT2D eigenvalue weighted by Crippen LogP contribution is -2.42. The van der Waals surface area contributed by atoms with Crippen molar-refractivity contribution in [3.8, 4) is 5.75 Å². The quantitative estimate of drug-likeness (QED) is 0.339. The van der Waals surface area contributed by atoms with E-state index in [0.29, 0.717) is 31.8 Å². The summed E-state index contributed by atoms with van der Waals surface area (Å²) in [4.78, 5) is 14.8. The molecule has 4 N–H and O–H groups in total. The largest absolute Gasteiger partial charge is 0.492 e. The van der Waals surface area contributed by atoms with Gasteiger partial charge < -0.3 is 25.6 Å². The second kappa shape index (κ2) is 13.1. The highest BCUT2D eigenvalue weighted by molar-refractivity contribution is 5.98. The molecule has 34 heavy (non-hydrogen) atoms. The van der Waals surface area contributed by atoms with Gasteiger partial charge in [0.05, 0.1) is 12.7 Å². The monoisotopic (exact) mass is 465 g/mol. The van der Waals surface area contributed by atoms with Crippen LogP contribution >= 0.6 is 0 Å². The lowest BCUT2D eigenvalue weighted by Gasteiger charge is -2.30. The molecule has 3 rings (SSSR count). The van der Waals surface area contributed by atoms with Gasteiger partial charge in [-0.05, 0) is 52.6 Å². The van der Waals surface area contributed by atoms with Crippen LogP contribution in [-0.2, 0) is 0 Å². The van der Waals surface area contributed by atoms with Gasteiger partial charge in [-0.2, -0.15) is 0 Å². The number of allylic oxidation sites excluding steroid dienone is 1. The van der Waals surface area contributed by atoms with Gasteiger partial charge >= 0.3 is 0 Å². The summed E-state index contributed by atoms with van der Waals surface area (Å²) in [6.07, 6.45) is 3.95. The van der Waals surface area contributed by atoms with Crippen molar-refractivity contribution in [3.05, 3.63) is 78.4 Å². The number of nitrogens with zero attached hydrogens (tertiary/aromatic N) is 1. The van der Waals surface area contributed by atoms with E-state index in [4.69, 9.17) is 9.84 Å². The SMILES string of the molecule is C=CC1=C(C=C)CN(CC(O)CNC(=O)c2ccc3cc(OCCNCCO)ccc3c2)CC1. The molecule has 2 aromatic carbocycles. The average Bonchev–Trinajstić information content (AvgIpc) is 2.86. The standard InChI is InChI=1S/C27H35N3O4/c1-3-20-9-12-30(18-21(20)4-2)19-25(32)17-29-27(33)24-6-5-23-16-26(8-7-22(23)15-24)34-14-11-28-10-13-31/h3-8,15-16,25,28,31-32H,1-2,9-14,17-19H2,(H,29,33). The fraction of sp³-hybridized carbons (Fsp3) is 0.370. The molecule has 7 nitrogen and oxygen atoms in total. The van der Waals surface area contributed by atoms with Crippen LogP contribution in [0.1, 0.15) is 16.8 Å². The molecule has 1 heterocycles. The Morgan fingerprint density at radius 1 is 1.12 bits per heavy atom. The first-order valence-corrected chi connectivity index (χ1v) is 11.7. The highest BCUT2D eigenvalue weighted by Crippen LogP contribution is 2.22. The zero-order valence-corrected chi connectivity index (χ0v) is 19.6. The van der Waals surface area contributed by atoms with Crippen LogP contribution in [0.15, 0.2) is 72.9 Å². The highest BCUT2D eigenvalue weighted by Gasteiger charge is 2.19. The van der Waals surface area contributed by atoms with E-state index in [1.165, 1.54) is 5.57 Å². The van der Waals surface area contributed by atoms with Gasteiger partial charge in [0.2, 0.25) is 0 Å². The number of aliphatic hydroxyl groups excluding tert-OH is 2. The summed E-state index contributed by atoms with van der Waals surface area (Å²) in [5.41, 5.74) is 2.90. The number of β-amino-alcohol motifs (C(OH)–C–C–N with tert-alkyl or cyclic N) is 1. The molecule has 0 aromatic heterocycles. The molecule has 1 unspecified atom stereocenters. The van der Waals surface area contributed by atoms with Crippen molar-refractivity contribution in [1.82, 2.24) is 15.5 Å². The van der Waals surface area contributed by atoms with Gasteiger partial charge in [-0.3, -0.25) is 9.69 Å². The molecule has 0 saturated carbocycles. The second-order valence-electron chi connectivity index (χ2n) is 8.35. The summed E-state index contributed by atoms with van der Waals surface area (Å²) in [5.74, 6) is 0.543. The summed E-state index contributed by atoms with van der Waals surface area (Å²) in [6, 6.07) is 11.3. The Kier molecular flexibility index (Phi) is 9.85. The van der Waals surface area contributed by atoms with Crippen molar-refractivity contribution in [2.45, 2.75) is 12.5 Å². The van der Waals surface area contributed by atoms with Gasteiger partial charge in [-0.25, -0.2) is 0 Å². The lowest BCUT2D eigenvalue weighted by atomic mass is 10.00. The van der Waals surface area contributed by atoms with E-state index in [1.807, 2.05) is 42.5 Å². The normalized spacial score (nSPS) is 15.2. The predicted octanol–water partition coefficient (Wildman–Crippen LogP) is 2.27. The van der Waals surface area contributed by atoms with Crippen molar-refractivity contribution in [3.63, 3.8) is 0 Å². The molecule has 1 aliphatic rings. The van der Waals surface area contributed by atoms with Crippen LogP contribution in [0.5, 0.6) is 5.75 Å². The van der Waals surface area contributed by atoms with Gasteiger partial charge in [0.1, 0.15) is 12.4 Å². The molecule has 0 aliphatic carbocycles. The number of nitrogens with one attached hydrogen (secondary N) is 2. The van der Waals surface area contributed by atoms with E-state index < -0.39 is 6.10 Å². The fourth-order valence-corrected chi connectivity index (χ4v) is 4.02. The van der Waals surface area contributed by atoms with Crippen LogP contribution in [0, 0.1) is 0 Å². The molecule has 0 bridgehead atoms. The number of ether oxygens (including phenoxy) is 1. The van der Waals surface area contributed by atoms with Gasteiger partial charge in [-0.1, -0.05) is 37.4 Å². The first-order chi connectivity index (χ1) is 16.5. The molecular weight excluding hydrogens is 430 g/mol. The van der Waals surface area contributed by atoms with Gasteiger partial charge in [0.15, 0.2) is 0 Å². The zero-order valence-electron chi connectivity index (χ0n) is 19.6. The van der Waals surface area contributed by atoms with Crippen LogP contribution in [0.25, 0.3) is 10.8 Å². The van der Waals surface area contributed by atoms with Crippen molar-refractivity contribution in [2.75, 3.05) is 52.5 Å². The number of rotatable bonds is 13. The Bertz CT molecular complexity index is 1030. The molecular formula is C27H35N3O4. The number of fused-ring (bicyclic) bond motifs is 1. The average molecular weight is 466 g/mol. The lowest BCUT2D eigenvalue weighted by molar-refractivity contribution is 0.0865. The summed E-state index contributed by atoms with van der Waals surface area (Å²) in [6.45, 7) is 11.8. The van der Waals surface area contributed by atoms with E-state index in [9.17, 15) is 9.90 Å². The number of amides is 1. The van der Waals surface area contributed by atoms with Gasteiger partial charge in [-0.15, -0.1) is 0 Å². The maximum Gasteiger partial charge on any atom is 0.251 e. The minimum absolute atomic E-state index is 0.105. The smallest absolute Gasteiger partial charge is 0.251 e. The van der Waals surface area contributed by atoms with Crippen LogP contribution < -0.4 is 15.4 Å². The van der Waals surface area contributed by atoms with E-state index in [0.717, 1.165) is 41.6 Å². The third-order valence-corrected chi connectivity index (χ3v) is 5.87. The number of carbonyl (C=O) groups is 1. The minimum atomic E-state index is -0.660. The van der Waals surface area contributed by atoms with Gasteiger partial charge in [0, 0.05) is 44.8 Å². The summed E-state index contributed by atoms with van der Waals surface area (Å²) < 4.78 is 5.72. The Morgan fingerprint density at radius 3 is 2.65 bits per heavy atom. The Hall–Kier alpha value is -2.97. The van der Waals surface area contributed by atoms with Crippen molar-refractivity contribution in [2.24, 2.45) is 0 Å². The van der Waals surface area contributed by atoms with E-state index in [2.05, 4.69) is 28.7 Å². The molecule has 0 radical (unpaired) electrons. The molecule has 1 aliphatic heterocycles. The molecule has 0 spiro atoms. The van der Waals surface area contributed by atoms with Crippen LogP contribution in [0.4, 0.5) is 0 Å². The van der Waals surface area contributed by atoms with E-state index >= 15 is 0 Å².